The van der Waals surface area contributed by atoms with E-state index >= 15 is 0 Å². The molecule has 2 amide bonds. The lowest BCUT2D eigenvalue weighted by atomic mass is 10.0. The van der Waals surface area contributed by atoms with Gasteiger partial charge in [0.2, 0.25) is 0 Å². The van der Waals surface area contributed by atoms with E-state index < -0.39 is 12.0 Å². The van der Waals surface area contributed by atoms with Crippen LogP contribution in [0.1, 0.15) is 5.56 Å². The molecular formula is C15H14N2O3. The van der Waals surface area contributed by atoms with E-state index in [1.165, 1.54) is 13.2 Å². The SMILES string of the molecule is COC(=O)NNC(=O)/C=C\c1cccc2ccccc12. The number of benzene rings is 2. The molecule has 5 heteroatoms. The minimum absolute atomic E-state index is 0.441. The number of nitrogens with one attached hydrogen (secondary N) is 2. The molecule has 0 aliphatic carbocycles. The highest BCUT2D eigenvalue weighted by molar-refractivity contribution is 5.97. The van der Waals surface area contributed by atoms with Gasteiger partial charge in [0.1, 0.15) is 0 Å². The van der Waals surface area contributed by atoms with Crippen molar-refractivity contribution >= 4 is 28.8 Å². The fraction of sp³-hybridized carbons (Fsp3) is 0.0667. The van der Waals surface area contributed by atoms with Gasteiger partial charge in [-0.2, -0.15) is 0 Å². The van der Waals surface area contributed by atoms with E-state index in [9.17, 15) is 9.59 Å². The van der Waals surface area contributed by atoms with Crippen LogP contribution in [0.15, 0.2) is 48.5 Å². The van der Waals surface area contributed by atoms with Crippen molar-refractivity contribution in [1.29, 1.82) is 0 Å². The third kappa shape index (κ3) is 3.35. The molecule has 2 aromatic carbocycles. The molecule has 0 heterocycles. The van der Waals surface area contributed by atoms with Crippen LogP contribution in [-0.2, 0) is 9.53 Å². The van der Waals surface area contributed by atoms with Gasteiger partial charge in [0.25, 0.3) is 5.91 Å². The van der Waals surface area contributed by atoms with Crippen molar-refractivity contribution in [3.05, 3.63) is 54.1 Å². The molecule has 20 heavy (non-hydrogen) atoms. The van der Waals surface area contributed by atoms with Crippen LogP contribution in [0.4, 0.5) is 4.79 Å². The van der Waals surface area contributed by atoms with E-state index in [1.54, 1.807) is 6.08 Å². The predicted octanol–water partition coefficient (Wildman–Crippen LogP) is 2.24. The Kier molecular flexibility index (Phi) is 4.34. The summed E-state index contributed by atoms with van der Waals surface area (Å²) in [5, 5.41) is 2.16. The van der Waals surface area contributed by atoms with Crippen molar-refractivity contribution in [3.8, 4) is 0 Å². The van der Waals surface area contributed by atoms with E-state index in [4.69, 9.17) is 0 Å². The maximum absolute atomic E-state index is 11.5. The molecule has 0 aromatic heterocycles. The van der Waals surface area contributed by atoms with Crippen molar-refractivity contribution in [1.82, 2.24) is 10.9 Å². The number of hydrogen-bond donors (Lipinski definition) is 2. The predicted molar refractivity (Wildman–Crippen MR) is 76.7 cm³/mol. The topological polar surface area (TPSA) is 67.4 Å². The Morgan fingerprint density at radius 3 is 2.60 bits per heavy atom. The Morgan fingerprint density at radius 2 is 1.80 bits per heavy atom. The van der Waals surface area contributed by atoms with Crippen molar-refractivity contribution in [2.75, 3.05) is 7.11 Å². The van der Waals surface area contributed by atoms with E-state index in [0.717, 1.165) is 16.3 Å². The van der Waals surface area contributed by atoms with Gasteiger partial charge in [-0.15, -0.1) is 0 Å². The third-order valence-corrected chi connectivity index (χ3v) is 2.71. The Labute approximate surface area is 116 Å². The largest absolute Gasteiger partial charge is 0.452 e. The van der Waals surface area contributed by atoms with E-state index in [1.807, 2.05) is 42.5 Å². The first-order valence-corrected chi connectivity index (χ1v) is 6.00. The van der Waals surface area contributed by atoms with Crippen LogP contribution in [0.5, 0.6) is 0 Å². The fourth-order valence-corrected chi connectivity index (χ4v) is 1.77. The Morgan fingerprint density at radius 1 is 1.05 bits per heavy atom. The molecule has 0 saturated heterocycles. The molecule has 102 valence electrons. The number of carbonyl (C=O) groups excluding carboxylic acids is 2. The van der Waals surface area contributed by atoms with Gasteiger partial charge in [0, 0.05) is 6.08 Å². The van der Waals surface area contributed by atoms with Crippen LogP contribution in [0.3, 0.4) is 0 Å². The van der Waals surface area contributed by atoms with Gasteiger partial charge in [0.05, 0.1) is 7.11 Å². The summed E-state index contributed by atoms with van der Waals surface area (Å²) in [5.74, 6) is -0.441. The molecule has 2 N–H and O–H groups in total. The second-order valence-corrected chi connectivity index (χ2v) is 4.01. The molecule has 0 atom stereocenters. The van der Waals surface area contributed by atoms with Gasteiger partial charge >= 0.3 is 6.09 Å². The molecule has 0 aliphatic rings. The fourth-order valence-electron chi connectivity index (χ4n) is 1.77. The summed E-state index contributed by atoms with van der Waals surface area (Å²) in [6.45, 7) is 0. The van der Waals surface area contributed by atoms with Crippen LogP contribution in [-0.4, -0.2) is 19.1 Å². The summed E-state index contributed by atoms with van der Waals surface area (Å²) in [6, 6.07) is 13.7. The first-order chi connectivity index (χ1) is 9.70. The first-order valence-electron chi connectivity index (χ1n) is 6.00. The average Bonchev–Trinajstić information content (AvgIpc) is 2.50. The number of hydrazine groups is 1. The van der Waals surface area contributed by atoms with Crippen molar-refractivity contribution in [2.45, 2.75) is 0 Å². The van der Waals surface area contributed by atoms with Gasteiger partial charge in [-0.25, -0.2) is 10.2 Å². The van der Waals surface area contributed by atoms with Crippen LogP contribution >= 0.6 is 0 Å². The van der Waals surface area contributed by atoms with E-state index in [2.05, 4.69) is 15.6 Å². The number of methoxy groups -OCH3 is 1. The van der Waals surface area contributed by atoms with Gasteiger partial charge in [-0.3, -0.25) is 10.2 Å². The van der Waals surface area contributed by atoms with Crippen molar-refractivity contribution < 1.29 is 14.3 Å². The zero-order valence-electron chi connectivity index (χ0n) is 10.9. The maximum Gasteiger partial charge on any atom is 0.425 e. The lowest BCUT2D eigenvalue weighted by Crippen LogP contribution is -2.40. The standard InChI is InChI=1S/C15H14N2O3/c1-20-15(19)17-16-14(18)10-9-12-7-4-6-11-5-2-3-8-13(11)12/h2-10H,1H3,(H,16,18)(H,17,19)/b10-9-. The average molecular weight is 270 g/mol. The molecule has 0 saturated carbocycles. The summed E-state index contributed by atoms with van der Waals surface area (Å²) < 4.78 is 4.33. The van der Waals surface area contributed by atoms with Gasteiger partial charge in [0.15, 0.2) is 0 Å². The number of carbonyl (C=O) groups is 2. The molecule has 0 aliphatic heterocycles. The second-order valence-electron chi connectivity index (χ2n) is 4.01. The summed E-state index contributed by atoms with van der Waals surface area (Å²) in [7, 11) is 1.22. The zero-order valence-corrected chi connectivity index (χ0v) is 10.9. The van der Waals surface area contributed by atoms with Gasteiger partial charge in [-0.05, 0) is 22.4 Å². The third-order valence-electron chi connectivity index (χ3n) is 2.71. The zero-order chi connectivity index (χ0) is 14.4. The number of amides is 2. The lowest BCUT2D eigenvalue weighted by Gasteiger charge is -2.03. The first kappa shape index (κ1) is 13.6. The highest BCUT2D eigenvalue weighted by Crippen LogP contribution is 2.19. The van der Waals surface area contributed by atoms with E-state index in [0.29, 0.717) is 0 Å². The number of fused-ring (bicyclic) bond motifs is 1. The molecular weight excluding hydrogens is 256 g/mol. The van der Waals surface area contributed by atoms with Crippen molar-refractivity contribution in [3.63, 3.8) is 0 Å². The monoisotopic (exact) mass is 270 g/mol. The number of ether oxygens (including phenoxy) is 1. The summed E-state index contributed by atoms with van der Waals surface area (Å²) in [6.07, 6.45) is 2.31. The molecule has 0 fully saturated rings. The normalized spacial score (nSPS) is 10.4. The maximum atomic E-state index is 11.5. The van der Waals surface area contributed by atoms with Gasteiger partial charge < -0.3 is 4.74 Å². The summed E-state index contributed by atoms with van der Waals surface area (Å²) in [5.41, 5.74) is 5.22. The minimum Gasteiger partial charge on any atom is -0.452 e. The van der Waals surface area contributed by atoms with Gasteiger partial charge in [-0.1, -0.05) is 42.5 Å². The Bertz CT molecular complexity index is 660. The van der Waals surface area contributed by atoms with E-state index in [-0.39, 0.29) is 0 Å². The molecule has 2 aromatic rings. The lowest BCUT2D eigenvalue weighted by molar-refractivity contribution is -0.117. The molecule has 0 radical (unpaired) electrons. The highest BCUT2D eigenvalue weighted by atomic mass is 16.5. The Hall–Kier alpha value is -2.82. The summed E-state index contributed by atoms with van der Waals surface area (Å²) in [4.78, 5) is 22.3. The minimum atomic E-state index is -0.725. The summed E-state index contributed by atoms with van der Waals surface area (Å²) >= 11 is 0. The van der Waals surface area contributed by atoms with Crippen LogP contribution in [0.25, 0.3) is 16.8 Å². The number of rotatable bonds is 2. The highest BCUT2D eigenvalue weighted by Gasteiger charge is 2.01. The number of hydrogen-bond acceptors (Lipinski definition) is 3. The van der Waals surface area contributed by atoms with Crippen LogP contribution in [0, 0.1) is 0 Å². The van der Waals surface area contributed by atoms with Crippen molar-refractivity contribution in [2.24, 2.45) is 0 Å². The molecule has 0 bridgehead atoms. The molecule has 2 rings (SSSR count). The molecule has 0 unspecified atom stereocenters. The molecule has 5 nitrogen and oxygen atoms in total. The molecule has 0 spiro atoms. The second kappa shape index (κ2) is 6.38. The van der Waals surface area contributed by atoms with Crippen LogP contribution in [0.2, 0.25) is 0 Å². The Balaban J connectivity index is 2.10. The van der Waals surface area contributed by atoms with Crippen LogP contribution < -0.4 is 10.9 Å². The smallest absolute Gasteiger partial charge is 0.425 e. The quantitative estimate of drug-likeness (QED) is 0.649.